The van der Waals surface area contributed by atoms with Crippen LogP contribution < -0.4 is 11.3 Å². The molecule has 3 rings (SSSR count). The van der Waals surface area contributed by atoms with Gasteiger partial charge in [0.25, 0.3) is 5.56 Å². The molecule has 0 amide bonds. The maximum Gasteiger partial charge on any atom is 0.337 e. The third-order valence-electron chi connectivity index (χ3n) is 3.53. The van der Waals surface area contributed by atoms with Crippen LogP contribution in [0.5, 0.6) is 0 Å². The van der Waals surface area contributed by atoms with Crippen LogP contribution in [0.3, 0.4) is 0 Å². The Morgan fingerprint density at radius 3 is 2.36 bits per heavy atom. The van der Waals surface area contributed by atoms with Gasteiger partial charge in [-0.05, 0) is 35.3 Å². The molecule has 28 heavy (non-hydrogen) atoms. The second-order valence-corrected chi connectivity index (χ2v) is 7.29. The lowest BCUT2D eigenvalue weighted by Crippen LogP contribution is -2.52. The number of aliphatic carboxylic acids is 1. The number of hydrogen-bond donors (Lipinski definition) is 3. The van der Waals surface area contributed by atoms with Gasteiger partial charge in [-0.3, -0.25) is 9.20 Å². The predicted octanol–water partition coefficient (Wildman–Crippen LogP) is 2.16. The highest BCUT2D eigenvalue weighted by atomic mass is 79.9. The van der Waals surface area contributed by atoms with E-state index in [0.717, 1.165) is 16.3 Å². The van der Waals surface area contributed by atoms with Crippen LogP contribution in [-0.2, 0) is 4.79 Å². The average Bonchev–Trinajstić information content (AvgIpc) is 2.99. The number of rotatable bonds is 3. The van der Waals surface area contributed by atoms with Crippen molar-refractivity contribution in [2.45, 2.75) is 26.0 Å². The van der Waals surface area contributed by atoms with Crippen molar-refractivity contribution in [3.8, 4) is 0 Å². The molecule has 0 aliphatic heterocycles. The lowest BCUT2D eigenvalue weighted by Gasteiger charge is -2.05. The van der Waals surface area contributed by atoms with Gasteiger partial charge in [-0.2, -0.15) is 27.0 Å². The number of aryl methyl sites for hydroxylation is 1. The molecule has 3 aromatic rings. The molecule has 5 N–H and O–H groups in total. The fraction of sp³-hybridized carbons (Fsp3) is 0.235. The Labute approximate surface area is 188 Å². The average molecular weight is 509 g/mol. The van der Waals surface area contributed by atoms with E-state index >= 15 is 0 Å². The van der Waals surface area contributed by atoms with E-state index in [0.29, 0.717) is 10.0 Å². The van der Waals surface area contributed by atoms with E-state index in [1.807, 2.05) is 19.2 Å². The zero-order valence-electron chi connectivity index (χ0n) is 15.2. The van der Waals surface area contributed by atoms with Gasteiger partial charge in [-0.15, -0.1) is 11.3 Å². The van der Waals surface area contributed by atoms with Crippen molar-refractivity contribution in [2.24, 2.45) is 0 Å². The van der Waals surface area contributed by atoms with E-state index in [1.165, 1.54) is 11.3 Å². The molecule has 11 heteroatoms. The number of aromatic nitrogens is 2. The predicted molar refractivity (Wildman–Crippen MR) is 123 cm³/mol. The zero-order chi connectivity index (χ0) is 19.4. The van der Waals surface area contributed by atoms with Gasteiger partial charge in [0.2, 0.25) is 0 Å². The topological polar surface area (TPSA) is 120 Å². The molecule has 0 aliphatic carbocycles. The fourth-order valence-electron chi connectivity index (χ4n) is 2.18. The van der Waals surface area contributed by atoms with Crippen molar-refractivity contribution in [3.05, 3.63) is 67.5 Å². The van der Waals surface area contributed by atoms with E-state index < -0.39 is 12.1 Å². The first kappa shape index (κ1) is 26.6. The SMILES string of the molecule is Cc1csc2nc([C@H](C)[NH3+])c(Br)c(=O)n12.O=C(O)[C@@H](O)c1ccccc1.S.S. The Hall–Kier alpha value is -1.37. The maximum atomic E-state index is 12.0. The molecule has 0 saturated heterocycles. The first-order chi connectivity index (χ1) is 12.2. The molecule has 2 heterocycles. The quantitative estimate of drug-likeness (QED) is 0.500. The number of aliphatic hydroxyl groups excluding tert-OH is 1. The molecule has 1 aromatic carbocycles. The molecule has 2 aromatic heterocycles. The first-order valence-electron chi connectivity index (χ1n) is 7.69. The van der Waals surface area contributed by atoms with E-state index in [-0.39, 0.29) is 38.6 Å². The molecule has 0 fully saturated rings. The number of thiazole rings is 1. The van der Waals surface area contributed by atoms with Crippen LogP contribution in [0, 0.1) is 6.92 Å². The van der Waals surface area contributed by atoms with Crippen LogP contribution in [0.15, 0.2) is 45.0 Å². The summed E-state index contributed by atoms with van der Waals surface area (Å²) in [5, 5.41) is 19.3. The standard InChI is InChI=1S/C9H10BrN3OS.C8H8O3.2H2S/c1-4-3-15-9-12-7(5(2)11)6(10)8(14)13(4)9;9-7(8(10)11)6-4-2-1-3-5-6;;/h3,5H,11H2,1-2H3;1-5,7,9H,(H,10,11);2*1H2/p+1/t5-;7-;;/m00../s1. The van der Waals surface area contributed by atoms with Crippen LogP contribution in [0.25, 0.3) is 4.96 Å². The maximum absolute atomic E-state index is 12.0. The minimum Gasteiger partial charge on any atom is -0.479 e. The second kappa shape index (κ2) is 11.6. The van der Waals surface area contributed by atoms with E-state index in [1.54, 1.807) is 34.7 Å². The molecule has 0 radical (unpaired) electrons. The highest BCUT2D eigenvalue weighted by Crippen LogP contribution is 2.19. The molecular formula is C17H23BrN3O4S3+. The van der Waals surface area contributed by atoms with Gasteiger partial charge in [0.15, 0.2) is 11.1 Å². The number of aliphatic hydroxyl groups is 1. The molecule has 0 saturated carbocycles. The normalized spacial score (nSPS) is 12.0. The van der Waals surface area contributed by atoms with Crippen molar-refractivity contribution < 1.29 is 20.7 Å². The Morgan fingerprint density at radius 2 is 1.86 bits per heavy atom. The summed E-state index contributed by atoms with van der Waals surface area (Å²) in [7, 11) is 0. The lowest BCUT2D eigenvalue weighted by molar-refractivity contribution is -0.421. The molecule has 154 valence electrons. The molecular weight excluding hydrogens is 486 g/mol. The van der Waals surface area contributed by atoms with Crippen LogP contribution >= 0.6 is 54.3 Å². The number of benzene rings is 1. The number of fused-ring (bicyclic) bond motifs is 1. The van der Waals surface area contributed by atoms with E-state index in [2.05, 4.69) is 26.6 Å². The summed E-state index contributed by atoms with van der Waals surface area (Å²) in [5.41, 5.74) is 5.88. The van der Waals surface area contributed by atoms with Crippen molar-refractivity contribution in [3.63, 3.8) is 0 Å². The molecule has 0 aliphatic rings. The highest BCUT2D eigenvalue weighted by Gasteiger charge is 2.17. The Balaban J connectivity index is 0.000000507. The van der Waals surface area contributed by atoms with Gasteiger partial charge in [-0.1, -0.05) is 30.3 Å². The molecule has 0 unspecified atom stereocenters. The van der Waals surface area contributed by atoms with Crippen molar-refractivity contribution in [1.29, 1.82) is 0 Å². The smallest absolute Gasteiger partial charge is 0.337 e. The minimum atomic E-state index is -1.41. The van der Waals surface area contributed by atoms with Gasteiger partial charge in [-0.25, -0.2) is 9.78 Å². The number of quaternary nitrogens is 1. The highest BCUT2D eigenvalue weighted by molar-refractivity contribution is 9.10. The summed E-state index contributed by atoms with van der Waals surface area (Å²) in [6.45, 7) is 3.82. The third-order valence-corrected chi connectivity index (χ3v) is 5.22. The summed E-state index contributed by atoms with van der Waals surface area (Å²) >= 11 is 4.76. The lowest BCUT2D eigenvalue weighted by atomic mass is 10.1. The number of carboxylic acids is 1. The number of halogens is 1. The van der Waals surface area contributed by atoms with Crippen molar-refractivity contribution in [1.82, 2.24) is 9.38 Å². The van der Waals surface area contributed by atoms with Crippen LogP contribution in [0.4, 0.5) is 0 Å². The number of carbonyl (C=O) groups is 1. The van der Waals surface area contributed by atoms with Crippen LogP contribution in [-0.4, -0.2) is 25.6 Å². The zero-order valence-corrected chi connectivity index (χ0v) is 19.6. The van der Waals surface area contributed by atoms with Gasteiger partial charge in [0.1, 0.15) is 16.2 Å². The molecule has 2 atom stereocenters. The van der Waals surface area contributed by atoms with E-state index in [4.69, 9.17) is 10.2 Å². The fourth-order valence-corrected chi connectivity index (χ4v) is 3.70. The van der Waals surface area contributed by atoms with Crippen molar-refractivity contribution >= 4 is 65.2 Å². The summed E-state index contributed by atoms with van der Waals surface area (Å²) < 4.78 is 2.13. The van der Waals surface area contributed by atoms with E-state index in [9.17, 15) is 9.59 Å². The summed E-state index contributed by atoms with van der Waals surface area (Å²) in [5.74, 6) is -1.23. The second-order valence-electron chi connectivity index (χ2n) is 5.66. The van der Waals surface area contributed by atoms with Gasteiger partial charge < -0.3 is 15.9 Å². The van der Waals surface area contributed by atoms with Gasteiger partial charge in [0.05, 0.1) is 0 Å². The summed E-state index contributed by atoms with van der Waals surface area (Å²) in [4.78, 5) is 27.4. The van der Waals surface area contributed by atoms with Gasteiger partial charge in [0, 0.05) is 11.1 Å². The Bertz CT molecular complexity index is 977. The summed E-state index contributed by atoms with van der Waals surface area (Å²) in [6.07, 6.45) is -1.41. The number of hydrogen-bond acceptors (Lipinski definition) is 5. The minimum absolute atomic E-state index is 0. The molecule has 0 bridgehead atoms. The number of nitrogens with zero attached hydrogens (tertiary/aromatic N) is 2. The van der Waals surface area contributed by atoms with Crippen LogP contribution in [0.1, 0.15) is 36.0 Å². The molecule has 0 spiro atoms. The Kier molecular flexibility index (Phi) is 11.0. The number of carboxylic acid groups (broad SMARTS) is 1. The third kappa shape index (κ3) is 6.06. The molecule has 7 nitrogen and oxygen atoms in total. The van der Waals surface area contributed by atoms with Crippen LogP contribution in [0.2, 0.25) is 0 Å². The Morgan fingerprint density at radius 1 is 1.29 bits per heavy atom. The van der Waals surface area contributed by atoms with Crippen molar-refractivity contribution in [2.75, 3.05) is 0 Å². The largest absolute Gasteiger partial charge is 0.479 e. The monoisotopic (exact) mass is 508 g/mol. The van der Waals surface area contributed by atoms with Gasteiger partial charge >= 0.3 is 5.97 Å². The summed E-state index contributed by atoms with van der Waals surface area (Å²) in [6, 6.07) is 8.26. The first-order valence-corrected chi connectivity index (χ1v) is 9.36.